The molecule has 0 atom stereocenters. The number of benzene rings is 1. The van der Waals surface area contributed by atoms with Gasteiger partial charge < -0.3 is 14.6 Å². The lowest BCUT2D eigenvalue weighted by molar-refractivity contribution is -0.151. The van der Waals surface area contributed by atoms with Gasteiger partial charge in [0.2, 0.25) is 0 Å². The molecule has 0 heterocycles. The molecule has 1 aliphatic carbocycles. The first kappa shape index (κ1) is 15.8. The highest BCUT2D eigenvalue weighted by molar-refractivity contribution is 5.72. The summed E-state index contributed by atoms with van der Waals surface area (Å²) in [5.74, 6) is 0.586. The molecule has 0 bridgehead atoms. The number of rotatable bonds is 5. The van der Waals surface area contributed by atoms with Crippen LogP contribution >= 0.6 is 0 Å². The number of hydrogen-bond acceptors (Lipinski definition) is 4. The van der Waals surface area contributed by atoms with Crippen molar-refractivity contribution in [2.45, 2.75) is 44.6 Å². The van der Waals surface area contributed by atoms with Crippen molar-refractivity contribution in [3.05, 3.63) is 29.8 Å². The fourth-order valence-corrected chi connectivity index (χ4v) is 2.84. The molecule has 2 rings (SSSR count). The van der Waals surface area contributed by atoms with E-state index in [0.717, 1.165) is 17.7 Å². The van der Waals surface area contributed by atoms with Gasteiger partial charge in [0, 0.05) is 0 Å². The van der Waals surface area contributed by atoms with Gasteiger partial charge in [-0.05, 0) is 49.8 Å². The quantitative estimate of drug-likeness (QED) is 0.848. The van der Waals surface area contributed by atoms with Gasteiger partial charge in [-0.2, -0.15) is 0 Å². The first-order valence-electron chi connectivity index (χ1n) is 7.62. The molecule has 0 aromatic heterocycles. The summed E-state index contributed by atoms with van der Waals surface area (Å²) in [6.45, 7) is 2.47. The molecular formula is C17H24O4. The van der Waals surface area contributed by atoms with E-state index < -0.39 is 5.60 Å². The summed E-state index contributed by atoms with van der Waals surface area (Å²) in [5, 5.41) is 10.8. The van der Waals surface area contributed by atoms with Crippen LogP contribution in [0.15, 0.2) is 24.3 Å². The van der Waals surface area contributed by atoms with Gasteiger partial charge in [0.25, 0.3) is 0 Å². The number of aliphatic hydroxyl groups is 1. The maximum absolute atomic E-state index is 11.9. The second-order valence-electron chi connectivity index (χ2n) is 5.70. The van der Waals surface area contributed by atoms with Crippen molar-refractivity contribution >= 4 is 5.97 Å². The number of carbonyl (C=O) groups is 1. The minimum absolute atomic E-state index is 0.0740. The van der Waals surface area contributed by atoms with Gasteiger partial charge in [-0.1, -0.05) is 19.1 Å². The lowest BCUT2D eigenvalue weighted by Crippen LogP contribution is -2.34. The average Bonchev–Trinajstić information content (AvgIpc) is 2.53. The Bertz CT molecular complexity index is 458. The molecule has 116 valence electrons. The van der Waals surface area contributed by atoms with E-state index in [1.807, 2.05) is 31.2 Å². The van der Waals surface area contributed by atoms with Gasteiger partial charge in [-0.25, -0.2) is 0 Å². The van der Waals surface area contributed by atoms with Crippen molar-refractivity contribution in [1.29, 1.82) is 0 Å². The summed E-state index contributed by atoms with van der Waals surface area (Å²) in [7, 11) is 1.62. The third-order valence-corrected chi connectivity index (χ3v) is 4.22. The fraction of sp³-hybridized carbons (Fsp3) is 0.588. The van der Waals surface area contributed by atoms with Crippen LogP contribution in [0.2, 0.25) is 0 Å². The minimum Gasteiger partial charge on any atom is -0.497 e. The van der Waals surface area contributed by atoms with Gasteiger partial charge in [-0.15, -0.1) is 0 Å². The van der Waals surface area contributed by atoms with Crippen LogP contribution < -0.4 is 4.74 Å². The summed E-state index contributed by atoms with van der Waals surface area (Å²) in [6.07, 6.45) is 3.36. The van der Waals surface area contributed by atoms with Gasteiger partial charge >= 0.3 is 5.97 Å². The summed E-state index contributed by atoms with van der Waals surface area (Å²) >= 11 is 0. The third kappa shape index (κ3) is 3.76. The van der Waals surface area contributed by atoms with Gasteiger partial charge in [0.15, 0.2) is 0 Å². The second-order valence-corrected chi connectivity index (χ2v) is 5.70. The van der Waals surface area contributed by atoms with Crippen LogP contribution in [0.25, 0.3) is 0 Å². The molecule has 0 unspecified atom stereocenters. The van der Waals surface area contributed by atoms with Crippen LogP contribution in [0.1, 0.15) is 44.6 Å². The van der Waals surface area contributed by atoms with E-state index in [1.54, 1.807) is 7.11 Å². The molecule has 1 fully saturated rings. The molecule has 1 aliphatic rings. The van der Waals surface area contributed by atoms with Gasteiger partial charge in [-0.3, -0.25) is 4.79 Å². The second kappa shape index (κ2) is 6.94. The highest BCUT2D eigenvalue weighted by Gasteiger charge is 2.37. The summed E-state index contributed by atoms with van der Waals surface area (Å²) in [6, 6.07) is 7.51. The standard InChI is InChI=1S/C17H24O4/c1-3-12-21-16(18)13-8-10-17(19,11-9-13)14-4-6-15(20-2)7-5-14/h4-7,13,19H,3,8-12H2,1-2H3. The predicted octanol–water partition coefficient (Wildman–Crippen LogP) is 3.03. The molecule has 0 amide bonds. The highest BCUT2D eigenvalue weighted by Crippen LogP contribution is 2.40. The van der Waals surface area contributed by atoms with Crippen LogP contribution in [-0.2, 0) is 15.1 Å². The topological polar surface area (TPSA) is 55.8 Å². The molecule has 21 heavy (non-hydrogen) atoms. The van der Waals surface area contributed by atoms with E-state index in [9.17, 15) is 9.90 Å². The van der Waals surface area contributed by atoms with E-state index in [0.29, 0.717) is 32.3 Å². The van der Waals surface area contributed by atoms with Crippen LogP contribution in [0.3, 0.4) is 0 Å². The molecular weight excluding hydrogens is 268 g/mol. The van der Waals surface area contributed by atoms with E-state index in [1.165, 1.54) is 0 Å². The van der Waals surface area contributed by atoms with Crippen LogP contribution in [0.5, 0.6) is 5.75 Å². The van der Waals surface area contributed by atoms with E-state index in [2.05, 4.69) is 0 Å². The Morgan fingerprint density at radius 1 is 1.29 bits per heavy atom. The first-order valence-corrected chi connectivity index (χ1v) is 7.62. The number of ether oxygens (including phenoxy) is 2. The van der Waals surface area contributed by atoms with Crippen molar-refractivity contribution < 1.29 is 19.4 Å². The highest BCUT2D eigenvalue weighted by atomic mass is 16.5. The largest absolute Gasteiger partial charge is 0.497 e. The zero-order valence-corrected chi connectivity index (χ0v) is 12.8. The Morgan fingerprint density at radius 2 is 1.90 bits per heavy atom. The zero-order valence-electron chi connectivity index (χ0n) is 12.8. The number of carbonyl (C=O) groups excluding carboxylic acids is 1. The maximum atomic E-state index is 11.9. The Labute approximate surface area is 126 Å². The molecule has 1 aromatic rings. The number of hydrogen-bond donors (Lipinski definition) is 1. The smallest absolute Gasteiger partial charge is 0.308 e. The molecule has 1 aromatic carbocycles. The summed E-state index contributed by atoms with van der Waals surface area (Å²) in [4.78, 5) is 11.9. The van der Waals surface area contributed by atoms with Gasteiger partial charge in [0.05, 0.1) is 25.2 Å². The van der Waals surface area contributed by atoms with E-state index in [-0.39, 0.29) is 11.9 Å². The maximum Gasteiger partial charge on any atom is 0.308 e. The molecule has 0 radical (unpaired) electrons. The van der Waals surface area contributed by atoms with E-state index in [4.69, 9.17) is 9.47 Å². The predicted molar refractivity (Wildman–Crippen MR) is 80.1 cm³/mol. The SMILES string of the molecule is CCCOC(=O)C1CCC(O)(c2ccc(OC)cc2)CC1. The first-order chi connectivity index (χ1) is 10.1. The third-order valence-electron chi connectivity index (χ3n) is 4.22. The normalized spacial score (nSPS) is 25.4. The summed E-state index contributed by atoms with van der Waals surface area (Å²) < 4.78 is 10.3. The van der Waals surface area contributed by atoms with Crippen molar-refractivity contribution in [2.24, 2.45) is 5.92 Å². The Kier molecular flexibility index (Phi) is 5.23. The lowest BCUT2D eigenvalue weighted by atomic mass is 9.75. The molecule has 4 heteroatoms. The van der Waals surface area contributed by atoms with Crippen molar-refractivity contribution in [3.8, 4) is 5.75 Å². The average molecular weight is 292 g/mol. The fourth-order valence-electron chi connectivity index (χ4n) is 2.84. The zero-order chi connectivity index (χ0) is 15.3. The number of esters is 1. The van der Waals surface area contributed by atoms with Crippen molar-refractivity contribution in [2.75, 3.05) is 13.7 Å². The van der Waals surface area contributed by atoms with Crippen LogP contribution in [0.4, 0.5) is 0 Å². The molecule has 1 N–H and O–H groups in total. The van der Waals surface area contributed by atoms with Gasteiger partial charge in [0.1, 0.15) is 5.75 Å². The Balaban J connectivity index is 1.96. The summed E-state index contributed by atoms with van der Waals surface area (Å²) in [5.41, 5.74) is 0.0528. The Hall–Kier alpha value is -1.55. The molecule has 1 saturated carbocycles. The monoisotopic (exact) mass is 292 g/mol. The van der Waals surface area contributed by atoms with Crippen molar-refractivity contribution in [3.63, 3.8) is 0 Å². The Morgan fingerprint density at radius 3 is 2.43 bits per heavy atom. The lowest BCUT2D eigenvalue weighted by Gasteiger charge is -2.35. The van der Waals surface area contributed by atoms with Crippen LogP contribution in [0, 0.1) is 5.92 Å². The number of methoxy groups -OCH3 is 1. The molecule has 0 spiro atoms. The molecule has 0 saturated heterocycles. The van der Waals surface area contributed by atoms with Crippen LogP contribution in [-0.4, -0.2) is 24.8 Å². The van der Waals surface area contributed by atoms with Crippen molar-refractivity contribution in [1.82, 2.24) is 0 Å². The molecule has 0 aliphatic heterocycles. The van der Waals surface area contributed by atoms with E-state index >= 15 is 0 Å². The minimum atomic E-state index is -0.839. The molecule has 4 nitrogen and oxygen atoms in total.